The number of aliphatic hydroxyl groups excluding tert-OH is 1. The molecule has 1 aliphatic rings. The number of fused-ring (bicyclic) bond motifs is 1. The van der Waals surface area contributed by atoms with Gasteiger partial charge in [-0.3, -0.25) is 14.4 Å². The molecule has 0 radical (unpaired) electrons. The molecule has 2 aromatic rings. The third-order valence-electron chi connectivity index (χ3n) is 3.73. The number of hydrogen-bond donors (Lipinski definition) is 4. The van der Waals surface area contributed by atoms with Gasteiger partial charge in [0.2, 0.25) is 0 Å². The molecule has 2 aromatic carbocycles. The summed E-state index contributed by atoms with van der Waals surface area (Å²) in [5.41, 5.74) is 3.87. The molecular formula is C17H15BrFN3O4. The highest BCUT2D eigenvalue weighted by molar-refractivity contribution is 9.10. The van der Waals surface area contributed by atoms with Crippen LogP contribution in [0.2, 0.25) is 0 Å². The van der Waals surface area contributed by atoms with Crippen molar-refractivity contribution in [2.75, 3.05) is 18.5 Å². The molecule has 3 rings (SSSR count). The maximum Gasteiger partial charge on any atom is 0.276 e. The lowest BCUT2D eigenvalue weighted by Crippen LogP contribution is -2.26. The minimum atomic E-state index is -0.583. The molecule has 0 unspecified atom stereocenters. The summed E-state index contributed by atoms with van der Waals surface area (Å²) in [5.74, 6) is -1.37. The zero-order valence-electron chi connectivity index (χ0n) is 13.4. The number of hydrogen-bond acceptors (Lipinski definition) is 5. The number of carbonyl (C=O) groups is 2. The third-order valence-corrected chi connectivity index (χ3v) is 4.22. The van der Waals surface area contributed by atoms with Crippen molar-refractivity contribution >= 4 is 39.1 Å². The van der Waals surface area contributed by atoms with E-state index in [1.54, 1.807) is 12.1 Å². The second-order valence-corrected chi connectivity index (χ2v) is 6.41. The summed E-state index contributed by atoms with van der Waals surface area (Å²) in [4.78, 5) is 29.1. The highest BCUT2D eigenvalue weighted by atomic mass is 79.9. The molecule has 0 spiro atoms. The summed E-state index contributed by atoms with van der Waals surface area (Å²) in [6.45, 7) is -0.0161. The number of rotatable bonds is 6. The van der Waals surface area contributed by atoms with Crippen molar-refractivity contribution < 1.29 is 23.9 Å². The van der Waals surface area contributed by atoms with Gasteiger partial charge in [-0.25, -0.2) is 9.87 Å². The number of aliphatic hydroxyl groups is 1. The molecule has 2 amide bonds. The van der Waals surface area contributed by atoms with Crippen LogP contribution in [0.25, 0.3) is 0 Å². The van der Waals surface area contributed by atoms with Crippen LogP contribution in [0.3, 0.4) is 0 Å². The van der Waals surface area contributed by atoms with E-state index in [0.717, 1.165) is 0 Å². The number of amides is 2. The van der Waals surface area contributed by atoms with E-state index in [-0.39, 0.29) is 36.1 Å². The van der Waals surface area contributed by atoms with Gasteiger partial charge in [0.1, 0.15) is 5.82 Å². The normalized spacial score (nSPS) is 12.5. The fourth-order valence-electron chi connectivity index (χ4n) is 2.52. The van der Waals surface area contributed by atoms with Gasteiger partial charge >= 0.3 is 0 Å². The first-order valence-corrected chi connectivity index (χ1v) is 8.49. The van der Waals surface area contributed by atoms with Crippen molar-refractivity contribution in [2.45, 2.75) is 6.54 Å². The third kappa shape index (κ3) is 3.85. The van der Waals surface area contributed by atoms with E-state index in [1.165, 1.54) is 18.2 Å². The fraction of sp³-hybridized carbons (Fsp3) is 0.176. The van der Waals surface area contributed by atoms with Crippen molar-refractivity contribution in [3.05, 3.63) is 57.3 Å². The molecule has 9 heteroatoms. The van der Waals surface area contributed by atoms with E-state index >= 15 is 0 Å². The Bertz CT molecular complexity index is 875. The minimum Gasteiger partial charge on any atom is -0.394 e. The maximum absolute atomic E-state index is 14.1. The maximum atomic E-state index is 14.1. The standard InChI is InChI=1S/C17H15BrFN3O4/c18-10-1-2-14(13(19)6-10)21-15-7-11-9(8-20-16(11)24)5-12(15)17(25)22-26-4-3-23/h1-2,5-7,21,23H,3-4,8H2,(H,20,24)(H,22,25). The predicted molar refractivity (Wildman–Crippen MR) is 95.5 cm³/mol. The highest BCUT2D eigenvalue weighted by Crippen LogP contribution is 2.29. The Hall–Kier alpha value is -2.49. The van der Waals surface area contributed by atoms with Gasteiger partial charge in [0.15, 0.2) is 0 Å². The van der Waals surface area contributed by atoms with Gasteiger partial charge in [0.25, 0.3) is 11.8 Å². The van der Waals surface area contributed by atoms with Gasteiger partial charge in [0, 0.05) is 16.6 Å². The Kier molecular flexibility index (Phi) is 5.50. The van der Waals surface area contributed by atoms with Gasteiger partial charge in [-0.15, -0.1) is 0 Å². The van der Waals surface area contributed by atoms with E-state index < -0.39 is 11.7 Å². The first-order chi connectivity index (χ1) is 12.5. The average molecular weight is 424 g/mol. The van der Waals surface area contributed by atoms with E-state index in [2.05, 4.69) is 32.0 Å². The molecule has 0 aromatic heterocycles. The van der Waals surface area contributed by atoms with Crippen molar-refractivity contribution in [1.82, 2.24) is 10.8 Å². The second kappa shape index (κ2) is 7.81. The van der Waals surface area contributed by atoms with E-state index in [9.17, 15) is 14.0 Å². The number of anilines is 2. The molecule has 1 aliphatic heterocycles. The zero-order chi connectivity index (χ0) is 18.7. The molecular weight excluding hydrogens is 409 g/mol. The molecule has 26 heavy (non-hydrogen) atoms. The molecule has 0 saturated heterocycles. The van der Waals surface area contributed by atoms with Crippen LogP contribution < -0.4 is 16.1 Å². The summed E-state index contributed by atoms with van der Waals surface area (Å²) < 4.78 is 14.7. The monoisotopic (exact) mass is 423 g/mol. The molecule has 0 fully saturated rings. The quantitative estimate of drug-likeness (QED) is 0.421. The highest BCUT2D eigenvalue weighted by Gasteiger charge is 2.24. The van der Waals surface area contributed by atoms with E-state index in [4.69, 9.17) is 9.94 Å². The number of carbonyl (C=O) groups excluding carboxylic acids is 2. The average Bonchev–Trinajstić information content (AvgIpc) is 2.97. The molecule has 1 heterocycles. The first kappa shape index (κ1) is 18.3. The summed E-state index contributed by atoms with van der Waals surface area (Å²) in [7, 11) is 0. The van der Waals surface area contributed by atoms with Crippen LogP contribution in [0.5, 0.6) is 0 Å². The number of halogens is 2. The fourth-order valence-corrected chi connectivity index (χ4v) is 2.85. The van der Waals surface area contributed by atoms with E-state index in [0.29, 0.717) is 22.1 Å². The number of benzene rings is 2. The zero-order valence-corrected chi connectivity index (χ0v) is 15.0. The molecule has 0 bridgehead atoms. The summed E-state index contributed by atoms with van der Waals surface area (Å²) in [6, 6.07) is 7.49. The van der Waals surface area contributed by atoms with Gasteiger partial charge in [-0.1, -0.05) is 15.9 Å². The minimum absolute atomic E-state index is 0.0686. The lowest BCUT2D eigenvalue weighted by Gasteiger charge is -2.14. The SMILES string of the molecule is O=C1NCc2cc(C(=O)NOCCO)c(Nc3ccc(Br)cc3F)cc21. The molecule has 0 saturated carbocycles. The van der Waals surface area contributed by atoms with Gasteiger partial charge in [0.05, 0.1) is 30.2 Å². The van der Waals surface area contributed by atoms with Crippen molar-refractivity contribution in [2.24, 2.45) is 0 Å². The van der Waals surface area contributed by atoms with Crippen LogP contribution in [0, 0.1) is 5.82 Å². The predicted octanol–water partition coefficient (Wildman–Crippen LogP) is 2.23. The van der Waals surface area contributed by atoms with Gasteiger partial charge < -0.3 is 15.7 Å². The first-order valence-electron chi connectivity index (χ1n) is 7.70. The Labute approximate surface area is 156 Å². The summed E-state index contributed by atoms with van der Waals surface area (Å²) in [6.07, 6.45) is 0. The topological polar surface area (TPSA) is 99.7 Å². The molecule has 4 N–H and O–H groups in total. The lowest BCUT2D eigenvalue weighted by molar-refractivity contribution is 0.0169. The van der Waals surface area contributed by atoms with Crippen molar-refractivity contribution in [3.8, 4) is 0 Å². The number of nitrogens with one attached hydrogen (secondary N) is 3. The Morgan fingerprint density at radius 3 is 2.85 bits per heavy atom. The van der Waals surface area contributed by atoms with Crippen LogP contribution in [-0.2, 0) is 11.4 Å². The second-order valence-electron chi connectivity index (χ2n) is 5.49. The van der Waals surface area contributed by atoms with Gasteiger partial charge in [-0.05, 0) is 35.9 Å². The largest absolute Gasteiger partial charge is 0.394 e. The van der Waals surface area contributed by atoms with Crippen LogP contribution in [0.15, 0.2) is 34.8 Å². The Morgan fingerprint density at radius 2 is 2.12 bits per heavy atom. The van der Waals surface area contributed by atoms with Crippen LogP contribution in [-0.4, -0.2) is 30.1 Å². The van der Waals surface area contributed by atoms with Crippen LogP contribution >= 0.6 is 15.9 Å². The van der Waals surface area contributed by atoms with Crippen molar-refractivity contribution in [3.63, 3.8) is 0 Å². The van der Waals surface area contributed by atoms with Crippen molar-refractivity contribution in [1.29, 1.82) is 0 Å². The number of hydroxylamine groups is 1. The summed E-state index contributed by atoms with van der Waals surface area (Å²) >= 11 is 3.18. The van der Waals surface area contributed by atoms with Gasteiger partial charge in [-0.2, -0.15) is 0 Å². The van der Waals surface area contributed by atoms with Crippen LogP contribution in [0.4, 0.5) is 15.8 Å². The molecule has 7 nitrogen and oxygen atoms in total. The molecule has 0 atom stereocenters. The summed E-state index contributed by atoms with van der Waals surface area (Å²) in [5, 5.41) is 14.2. The Balaban J connectivity index is 1.97. The molecule has 0 aliphatic carbocycles. The van der Waals surface area contributed by atoms with Crippen LogP contribution in [0.1, 0.15) is 26.3 Å². The smallest absolute Gasteiger partial charge is 0.276 e. The Morgan fingerprint density at radius 1 is 1.31 bits per heavy atom. The molecule has 136 valence electrons. The van der Waals surface area contributed by atoms with E-state index in [1.807, 2.05) is 0 Å². The lowest BCUT2D eigenvalue weighted by atomic mass is 10.0.